The highest BCUT2D eigenvalue weighted by Crippen LogP contribution is 2.25. The predicted molar refractivity (Wildman–Crippen MR) is 87.4 cm³/mol. The van der Waals surface area contributed by atoms with E-state index >= 15 is 0 Å². The number of anilines is 1. The van der Waals surface area contributed by atoms with E-state index in [-0.39, 0.29) is 0 Å². The number of nitrogens with two attached hydrogens (primary N) is 1. The molecule has 0 bridgehead atoms. The van der Waals surface area contributed by atoms with Crippen LogP contribution in [0.25, 0.3) is 11.3 Å². The number of halogens is 1. The van der Waals surface area contributed by atoms with E-state index in [2.05, 4.69) is 24.2 Å². The van der Waals surface area contributed by atoms with Crippen molar-refractivity contribution < 1.29 is 0 Å². The average Bonchev–Trinajstić information content (AvgIpc) is 2.83. The fourth-order valence-electron chi connectivity index (χ4n) is 2.25. The summed E-state index contributed by atoms with van der Waals surface area (Å²) >= 11 is 6.18. The highest BCUT2D eigenvalue weighted by molar-refractivity contribution is 6.31. The predicted octanol–water partition coefficient (Wildman–Crippen LogP) is 4.14. The van der Waals surface area contributed by atoms with E-state index in [1.54, 1.807) is 0 Å². The molecule has 0 amide bonds. The van der Waals surface area contributed by atoms with Crippen molar-refractivity contribution in [1.29, 1.82) is 0 Å². The van der Waals surface area contributed by atoms with Crippen molar-refractivity contribution in [3.63, 3.8) is 0 Å². The Hall–Kier alpha value is -2.26. The van der Waals surface area contributed by atoms with Crippen molar-refractivity contribution in [2.45, 2.75) is 13.5 Å². The lowest BCUT2D eigenvalue weighted by Crippen LogP contribution is -2.00. The van der Waals surface area contributed by atoms with Gasteiger partial charge in [-0.25, -0.2) is 0 Å². The molecule has 0 unspecified atom stereocenters. The summed E-state index contributed by atoms with van der Waals surface area (Å²) in [5, 5.41) is 5.32. The Balaban J connectivity index is 1.91. The molecule has 3 nitrogen and oxygen atoms in total. The lowest BCUT2D eigenvalue weighted by molar-refractivity contribution is 0.690. The summed E-state index contributed by atoms with van der Waals surface area (Å²) in [6.07, 6.45) is 1.85. The first-order valence-corrected chi connectivity index (χ1v) is 7.14. The van der Waals surface area contributed by atoms with Gasteiger partial charge in [-0.1, -0.05) is 59.6 Å². The minimum Gasteiger partial charge on any atom is -0.396 e. The maximum atomic E-state index is 6.18. The first-order valence-electron chi connectivity index (χ1n) is 6.77. The summed E-state index contributed by atoms with van der Waals surface area (Å²) in [5.41, 5.74) is 10.8. The summed E-state index contributed by atoms with van der Waals surface area (Å²) in [4.78, 5) is 0. The molecule has 2 N–H and O–H groups in total. The Labute approximate surface area is 129 Å². The third-order valence-corrected chi connectivity index (χ3v) is 3.77. The van der Waals surface area contributed by atoms with Crippen LogP contribution in [0.5, 0.6) is 0 Å². The van der Waals surface area contributed by atoms with Gasteiger partial charge in [-0.05, 0) is 18.6 Å². The molecular weight excluding hydrogens is 282 g/mol. The topological polar surface area (TPSA) is 43.8 Å². The Morgan fingerprint density at radius 3 is 2.52 bits per heavy atom. The number of nitrogen functional groups attached to an aromatic ring is 1. The van der Waals surface area contributed by atoms with Gasteiger partial charge in [0.1, 0.15) is 5.69 Å². The first-order chi connectivity index (χ1) is 10.1. The van der Waals surface area contributed by atoms with Crippen LogP contribution in [0.15, 0.2) is 54.7 Å². The number of hydrogen-bond donors (Lipinski definition) is 1. The molecule has 0 aliphatic rings. The van der Waals surface area contributed by atoms with E-state index in [1.807, 2.05) is 47.3 Å². The average molecular weight is 298 g/mol. The maximum absolute atomic E-state index is 6.18. The van der Waals surface area contributed by atoms with Gasteiger partial charge in [-0.2, -0.15) is 5.10 Å². The Morgan fingerprint density at radius 1 is 1.10 bits per heavy atom. The number of aryl methyl sites for hydroxylation is 1. The standard InChI is InChI=1S/C17H16ClN3/c1-12-6-8-13(9-7-12)17-16(19)11-21(20-17)10-14-4-2-3-5-15(14)18/h2-9,11H,10,19H2,1H3. The van der Waals surface area contributed by atoms with E-state index in [0.717, 1.165) is 21.8 Å². The van der Waals surface area contributed by atoms with Crippen LogP contribution < -0.4 is 5.73 Å². The number of rotatable bonds is 3. The lowest BCUT2D eigenvalue weighted by atomic mass is 10.1. The molecule has 0 aliphatic heterocycles. The molecule has 21 heavy (non-hydrogen) atoms. The first kappa shape index (κ1) is 13.7. The smallest absolute Gasteiger partial charge is 0.115 e. The molecule has 0 aliphatic carbocycles. The highest BCUT2D eigenvalue weighted by Gasteiger charge is 2.09. The van der Waals surface area contributed by atoms with E-state index < -0.39 is 0 Å². The third kappa shape index (κ3) is 2.93. The highest BCUT2D eigenvalue weighted by atomic mass is 35.5. The second-order valence-corrected chi connectivity index (χ2v) is 5.50. The molecule has 1 heterocycles. The number of hydrogen-bond acceptors (Lipinski definition) is 2. The minimum atomic E-state index is 0.607. The van der Waals surface area contributed by atoms with Crippen molar-refractivity contribution in [2.75, 3.05) is 5.73 Å². The van der Waals surface area contributed by atoms with Gasteiger partial charge in [0.25, 0.3) is 0 Å². The number of nitrogens with zero attached hydrogens (tertiary/aromatic N) is 2. The molecule has 2 aromatic carbocycles. The number of aromatic nitrogens is 2. The Morgan fingerprint density at radius 2 is 1.81 bits per heavy atom. The van der Waals surface area contributed by atoms with Crippen LogP contribution in [0.2, 0.25) is 5.02 Å². The molecule has 4 heteroatoms. The summed E-state index contributed by atoms with van der Waals surface area (Å²) in [7, 11) is 0. The van der Waals surface area contributed by atoms with Gasteiger partial charge in [-0.3, -0.25) is 4.68 Å². The van der Waals surface area contributed by atoms with Gasteiger partial charge < -0.3 is 5.73 Å². The summed E-state index contributed by atoms with van der Waals surface area (Å²) in [6.45, 7) is 2.67. The van der Waals surface area contributed by atoms with Crippen LogP contribution in [-0.4, -0.2) is 9.78 Å². The molecule has 0 radical (unpaired) electrons. The monoisotopic (exact) mass is 297 g/mol. The zero-order valence-corrected chi connectivity index (χ0v) is 12.5. The lowest BCUT2D eigenvalue weighted by Gasteiger charge is -2.04. The minimum absolute atomic E-state index is 0.607. The molecule has 0 saturated carbocycles. The molecule has 0 fully saturated rings. The molecule has 106 valence electrons. The van der Waals surface area contributed by atoms with E-state index in [4.69, 9.17) is 17.3 Å². The van der Waals surface area contributed by atoms with Crippen molar-refractivity contribution >= 4 is 17.3 Å². The van der Waals surface area contributed by atoms with Crippen LogP contribution in [-0.2, 0) is 6.54 Å². The SMILES string of the molecule is Cc1ccc(-c2nn(Cc3ccccc3Cl)cc2N)cc1. The second-order valence-electron chi connectivity index (χ2n) is 5.09. The molecular formula is C17H16ClN3. The molecule has 3 aromatic rings. The zero-order chi connectivity index (χ0) is 14.8. The van der Waals surface area contributed by atoms with Crippen molar-refractivity contribution in [3.8, 4) is 11.3 Å². The second kappa shape index (κ2) is 5.62. The van der Waals surface area contributed by atoms with Gasteiger partial charge in [0.2, 0.25) is 0 Å². The Kier molecular flexibility index (Phi) is 3.67. The summed E-state index contributed by atoms with van der Waals surface area (Å²) in [5.74, 6) is 0. The fraction of sp³-hybridized carbons (Fsp3) is 0.118. The third-order valence-electron chi connectivity index (χ3n) is 3.41. The maximum Gasteiger partial charge on any atom is 0.115 e. The van der Waals surface area contributed by atoms with Crippen LogP contribution in [0, 0.1) is 6.92 Å². The van der Waals surface area contributed by atoms with Gasteiger partial charge in [0.05, 0.1) is 12.2 Å². The van der Waals surface area contributed by atoms with Gasteiger partial charge >= 0.3 is 0 Å². The molecule has 1 aromatic heterocycles. The molecule has 0 spiro atoms. The largest absolute Gasteiger partial charge is 0.396 e. The molecule has 0 saturated heterocycles. The van der Waals surface area contributed by atoms with Crippen molar-refractivity contribution in [3.05, 3.63) is 70.9 Å². The van der Waals surface area contributed by atoms with Gasteiger partial charge in [0, 0.05) is 16.8 Å². The van der Waals surface area contributed by atoms with Crippen LogP contribution in [0.3, 0.4) is 0 Å². The zero-order valence-electron chi connectivity index (χ0n) is 11.8. The van der Waals surface area contributed by atoms with Crippen LogP contribution in [0.1, 0.15) is 11.1 Å². The number of benzene rings is 2. The molecule has 3 rings (SSSR count). The summed E-state index contributed by atoms with van der Waals surface area (Å²) in [6, 6.07) is 15.9. The normalized spacial score (nSPS) is 10.8. The van der Waals surface area contributed by atoms with E-state index in [1.165, 1.54) is 5.56 Å². The fourth-order valence-corrected chi connectivity index (χ4v) is 2.45. The van der Waals surface area contributed by atoms with E-state index in [9.17, 15) is 0 Å². The van der Waals surface area contributed by atoms with Crippen LogP contribution >= 0.6 is 11.6 Å². The van der Waals surface area contributed by atoms with Crippen molar-refractivity contribution in [1.82, 2.24) is 9.78 Å². The van der Waals surface area contributed by atoms with E-state index in [0.29, 0.717) is 12.2 Å². The van der Waals surface area contributed by atoms with Crippen LogP contribution in [0.4, 0.5) is 5.69 Å². The van der Waals surface area contributed by atoms with Gasteiger partial charge in [-0.15, -0.1) is 0 Å². The molecule has 0 atom stereocenters. The quantitative estimate of drug-likeness (QED) is 0.789. The Bertz CT molecular complexity index is 760. The van der Waals surface area contributed by atoms with Gasteiger partial charge in [0.15, 0.2) is 0 Å². The summed E-state index contributed by atoms with van der Waals surface area (Å²) < 4.78 is 1.83. The van der Waals surface area contributed by atoms with Crippen molar-refractivity contribution in [2.24, 2.45) is 0 Å².